The first kappa shape index (κ1) is 20.5. The van der Waals surface area contributed by atoms with Crippen LogP contribution in [0.5, 0.6) is 0 Å². The molecule has 0 atom stereocenters. The molecule has 0 heterocycles. The van der Waals surface area contributed by atoms with Crippen molar-refractivity contribution in [3.05, 3.63) is 0 Å². The summed E-state index contributed by atoms with van der Waals surface area (Å²) in [5.41, 5.74) is 0. The van der Waals surface area contributed by atoms with Gasteiger partial charge < -0.3 is 0 Å². The van der Waals surface area contributed by atoms with Crippen molar-refractivity contribution in [2.24, 2.45) is 0 Å². The van der Waals surface area contributed by atoms with Gasteiger partial charge in [-0.2, -0.15) is 0 Å². The Hall–Kier alpha value is 0.230. The summed E-state index contributed by atoms with van der Waals surface area (Å²) in [6.07, 6.45) is 13.7. The van der Waals surface area contributed by atoms with Gasteiger partial charge in [-0.25, -0.2) is 0 Å². The van der Waals surface area contributed by atoms with E-state index in [0.29, 0.717) is 38.3 Å². The molecule has 0 bridgehead atoms. The van der Waals surface area contributed by atoms with Crippen LogP contribution in [0.2, 0.25) is 0 Å². The van der Waals surface area contributed by atoms with Gasteiger partial charge in [0.2, 0.25) is 0 Å². The summed E-state index contributed by atoms with van der Waals surface area (Å²) in [4.78, 5) is 30.6. The average molecular weight is 364 g/mol. The maximum atomic E-state index is 10.2. The Morgan fingerprint density at radius 1 is 0.625 bits per heavy atom. The van der Waals surface area contributed by atoms with E-state index in [1.807, 2.05) is 0 Å². The SMILES string of the molecule is OP(O)(O)(CCCOC1CCCCC1)CCCOC1CCCCC1. The molecule has 5 nitrogen and oxygen atoms in total. The third kappa shape index (κ3) is 8.55. The number of hydrogen-bond donors (Lipinski definition) is 3. The zero-order valence-corrected chi connectivity index (χ0v) is 16.0. The van der Waals surface area contributed by atoms with Crippen molar-refractivity contribution in [3.8, 4) is 0 Å². The molecule has 0 aromatic heterocycles. The number of rotatable bonds is 10. The molecule has 0 unspecified atom stereocenters. The summed E-state index contributed by atoms with van der Waals surface area (Å²) in [5, 5.41) is 0. The van der Waals surface area contributed by atoms with Crippen molar-refractivity contribution >= 4 is 7.28 Å². The molecule has 0 spiro atoms. The van der Waals surface area contributed by atoms with E-state index in [0.717, 1.165) is 25.7 Å². The van der Waals surface area contributed by atoms with Gasteiger partial charge in [-0.15, -0.1) is 0 Å². The molecular weight excluding hydrogens is 327 g/mol. The van der Waals surface area contributed by atoms with Crippen LogP contribution in [0.25, 0.3) is 0 Å². The van der Waals surface area contributed by atoms with Crippen LogP contribution in [0.1, 0.15) is 77.0 Å². The normalized spacial score (nSPS) is 23.0. The predicted molar refractivity (Wildman–Crippen MR) is 98.2 cm³/mol. The van der Waals surface area contributed by atoms with E-state index in [2.05, 4.69) is 0 Å². The first-order chi connectivity index (χ1) is 11.4. The molecule has 2 saturated carbocycles. The molecule has 3 N–H and O–H groups in total. The molecule has 0 radical (unpaired) electrons. The van der Waals surface area contributed by atoms with Crippen molar-refractivity contribution in [1.82, 2.24) is 0 Å². The average Bonchev–Trinajstić information content (AvgIpc) is 2.57. The van der Waals surface area contributed by atoms with E-state index in [1.54, 1.807) is 0 Å². The zero-order chi connectivity index (χ0) is 17.3. The molecule has 0 aromatic carbocycles. The van der Waals surface area contributed by atoms with Crippen LogP contribution in [0.4, 0.5) is 0 Å². The molecule has 2 rings (SSSR count). The van der Waals surface area contributed by atoms with Crippen molar-refractivity contribution in [1.29, 1.82) is 0 Å². The fraction of sp³-hybridized carbons (Fsp3) is 1.00. The summed E-state index contributed by atoms with van der Waals surface area (Å²) in [6.45, 7) is 1.01. The van der Waals surface area contributed by atoms with Gasteiger partial charge in [-0.05, 0) is 0 Å². The molecule has 2 aliphatic rings. The van der Waals surface area contributed by atoms with Crippen LogP contribution in [0.15, 0.2) is 0 Å². The second kappa shape index (κ2) is 9.80. The second-order valence-corrected chi connectivity index (χ2v) is 11.3. The van der Waals surface area contributed by atoms with E-state index in [4.69, 9.17) is 9.47 Å². The van der Waals surface area contributed by atoms with Crippen molar-refractivity contribution in [2.75, 3.05) is 25.5 Å². The summed E-state index contributed by atoms with van der Waals surface area (Å²) in [5.74, 6) is 0. The van der Waals surface area contributed by atoms with Crippen LogP contribution in [-0.4, -0.2) is 52.4 Å². The Balaban J connectivity index is 1.54. The molecule has 0 aliphatic heterocycles. The van der Waals surface area contributed by atoms with Gasteiger partial charge in [0.1, 0.15) is 0 Å². The molecule has 144 valence electrons. The summed E-state index contributed by atoms with van der Waals surface area (Å²) in [7, 11) is -4.51. The van der Waals surface area contributed by atoms with Gasteiger partial charge in [0.15, 0.2) is 0 Å². The minimum absolute atomic E-state index is 0.0434. The van der Waals surface area contributed by atoms with E-state index >= 15 is 0 Å². The van der Waals surface area contributed by atoms with Crippen molar-refractivity contribution in [3.63, 3.8) is 0 Å². The Morgan fingerprint density at radius 3 is 1.38 bits per heavy atom. The van der Waals surface area contributed by atoms with Gasteiger partial charge in [0, 0.05) is 0 Å². The zero-order valence-electron chi connectivity index (χ0n) is 15.1. The molecule has 2 aliphatic carbocycles. The summed E-state index contributed by atoms with van der Waals surface area (Å²) < 4.78 is 11.6. The molecule has 0 saturated heterocycles. The monoisotopic (exact) mass is 364 g/mol. The predicted octanol–water partition coefficient (Wildman–Crippen LogP) is 3.74. The Bertz CT molecular complexity index is 313. The molecule has 6 heteroatoms. The van der Waals surface area contributed by atoms with E-state index in [-0.39, 0.29) is 12.3 Å². The van der Waals surface area contributed by atoms with Crippen LogP contribution < -0.4 is 0 Å². The fourth-order valence-corrected chi connectivity index (χ4v) is 5.63. The Kier molecular flexibility index (Phi) is 8.39. The molecule has 0 aromatic rings. The fourth-order valence-electron chi connectivity index (χ4n) is 3.85. The van der Waals surface area contributed by atoms with Crippen molar-refractivity contribution < 1.29 is 24.2 Å². The third-order valence-corrected chi connectivity index (χ3v) is 7.80. The minimum atomic E-state index is -4.51. The topological polar surface area (TPSA) is 79.2 Å². The van der Waals surface area contributed by atoms with Crippen LogP contribution >= 0.6 is 7.28 Å². The first-order valence-corrected chi connectivity index (χ1v) is 12.4. The van der Waals surface area contributed by atoms with Crippen molar-refractivity contribution in [2.45, 2.75) is 89.3 Å². The number of ether oxygens (including phenoxy) is 2. The van der Waals surface area contributed by atoms with E-state index < -0.39 is 7.28 Å². The van der Waals surface area contributed by atoms with Gasteiger partial charge in [-0.3, -0.25) is 0 Å². The van der Waals surface area contributed by atoms with Gasteiger partial charge in [0.05, 0.1) is 0 Å². The number of hydrogen-bond acceptors (Lipinski definition) is 5. The van der Waals surface area contributed by atoms with E-state index in [9.17, 15) is 14.7 Å². The molecular formula is C18H37O5P. The molecule has 0 amide bonds. The second-order valence-electron chi connectivity index (χ2n) is 7.76. The summed E-state index contributed by atoms with van der Waals surface area (Å²) >= 11 is 0. The molecule has 24 heavy (non-hydrogen) atoms. The Labute approximate surface area is 146 Å². The Morgan fingerprint density at radius 2 is 1.00 bits per heavy atom. The summed E-state index contributed by atoms with van der Waals surface area (Å²) in [6, 6.07) is 0. The van der Waals surface area contributed by atoms with Gasteiger partial charge >= 0.3 is 146 Å². The van der Waals surface area contributed by atoms with E-state index in [1.165, 1.54) is 38.5 Å². The van der Waals surface area contributed by atoms with Gasteiger partial charge in [-0.1, -0.05) is 0 Å². The third-order valence-electron chi connectivity index (χ3n) is 5.33. The maximum absolute atomic E-state index is 10.2. The first-order valence-electron chi connectivity index (χ1n) is 9.91. The van der Waals surface area contributed by atoms with Crippen LogP contribution in [0, 0.1) is 0 Å². The van der Waals surface area contributed by atoms with Gasteiger partial charge in [0.25, 0.3) is 0 Å². The molecule has 2 fully saturated rings. The van der Waals surface area contributed by atoms with Crippen LogP contribution in [0.3, 0.4) is 0 Å². The quantitative estimate of drug-likeness (QED) is 0.406. The van der Waals surface area contributed by atoms with Crippen LogP contribution in [-0.2, 0) is 9.47 Å². The standard InChI is InChI=1S/C18H37O5P/c19-24(20,21,15-7-13-22-17-9-3-1-4-10-17)16-8-14-23-18-11-5-2-6-12-18/h17-21H,1-16H2.